The van der Waals surface area contributed by atoms with Gasteiger partial charge in [-0.05, 0) is 44.4 Å². The highest BCUT2D eigenvalue weighted by Crippen LogP contribution is 2.41. The van der Waals surface area contributed by atoms with Crippen molar-refractivity contribution in [3.63, 3.8) is 0 Å². The fourth-order valence-electron chi connectivity index (χ4n) is 3.72. The van der Waals surface area contributed by atoms with Gasteiger partial charge in [0.2, 0.25) is 5.89 Å². The van der Waals surface area contributed by atoms with Crippen molar-refractivity contribution in [2.45, 2.75) is 56.5 Å². The Bertz CT molecular complexity index is 697. The van der Waals surface area contributed by atoms with Crippen LogP contribution in [-0.2, 0) is 9.53 Å². The summed E-state index contributed by atoms with van der Waals surface area (Å²) in [7, 11) is 0. The quantitative estimate of drug-likeness (QED) is 0.788. The Morgan fingerprint density at radius 2 is 2.00 bits per heavy atom. The van der Waals surface area contributed by atoms with Crippen LogP contribution in [0.1, 0.15) is 62.1 Å². The van der Waals surface area contributed by atoms with Crippen LogP contribution in [-0.4, -0.2) is 47.0 Å². The summed E-state index contributed by atoms with van der Waals surface area (Å²) < 4.78 is 10.7. The summed E-state index contributed by atoms with van der Waals surface area (Å²) in [6, 6.07) is 0. The van der Waals surface area contributed by atoms with Crippen LogP contribution in [0.3, 0.4) is 0 Å². The Kier molecular flexibility index (Phi) is 5.23. The summed E-state index contributed by atoms with van der Waals surface area (Å²) in [5, 5.41) is 17.2. The second kappa shape index (κ2) is 7.77. The Balaban J connectivity index is 1.25. The predicted molar refractivity (Wildman–Crippen MR) is 92.1 cm³/mol. The summed E-state index contributed by atoms with van der Waals surface area (Å²) in [6.45, 7) is 1.85. The smallest absolute Gasteiger partial charge is 0.295 e. The number of aliphatic hydroxyl groups excluding tert-OH is 1. The van der Waals surface area contributed by atoms with E-state index >= 15 is 0 Å². The van der Waals surface area contributed by atoms with Crippen LogP contribution < -0.4 is 5.32 Å². The average Bonchev–Trinajstić information content (AvgIpc) is 3.27. The Morgan fingerprint density at radius 1 is 1.19 bits per heavy atom. The number of aliphatic hydroxyl groups is 1. The van der Waals surface area contributed by atoms with Gasteiger partial charge in [0.25, 0.3) is 5.91 Å². The third-order valence-corrected chi connectivity index (χ3v) is 5.54. The van der Waals surface area contributed by atoms with Crippen molar-refractivity contribution in [3.05, 3.63) is 11.7 Å². The van der Waals surface area contributed by atoms with Crippen LogP contribution in [0.4, 0.5) is 0 Å². The minimum atomic E-state index is -0.472. The number of hydrogen-bond donors (Lipinski definition) is 2. The van der Waals surface area contributed by atoms with Crippen LogP contribution in [0.15, 0.2) is 4.52 Å². The zero-order chi connectivity index (χ0) is 17.9. The molecule has 3 atom stereocenters. The summed E-state index contributed by atoms with van der Waals surface area (Å²) in [4.78, 5) is 16.4. The molecule has 1 amide bonds. The molecule has 0 aromatic carbocycles. The van der Waals surface area contributed by atoms with Gasteiger partial charge in [0.05, 0.1) is 6.10 Å². The monoisotopic (exact) mass is 359 g/mol. The molecule has 1 aromatic heterocycles. The second-order valence-corrected chi connectivity index (χ2v) is 7.63. The maximum atomic E-state index is 11.9. The first-order valence-corrected chi connectivity index (χ1v) is 9.57. The van der Waals surface area contributed by atoms with Gasteiger partial charge in [0.15, 0.2) is 5.82 Å². The van der Waals surface area contributed by atoms with Gasteiger partial charge in [-0.15, -0.1) is 0 Å². The van der Waals surface area contributed by atoms with E-state index in [1.165, 1.54) is 0 Å². The lowest BCUT2D eigenvalue weighted by Crippen LogP contribution is -2.31. The van der Waals surface area contributed by atoms with Gasteiger partial charge >= 0.3 is 0 Å². The molecule has 7 heteroatoms. The van der Waals surface area contributed by atoms with Crippen LogP contribution >= 0.6 is 0 Å². The molecule has 26 heavy (non-hydrogen) atoms. The first-order valence-electron chi connectivity index (χ1n) is 9.57. The highest BCUT2D eigenvalue weighted by atomic mass is 16.5. The summed E-state index contributed by atoms with van der Waals surface area (Å²) in [6.07, 6.45) is 4.90. The number of aromatic nitrogens is 2. The molecular weight excluding hydrogens is 334 g/mol. The zero-order valence-corrected chi connectivity index (χ0v) is 14.8. The molecule has 2 aliphatic carbocycles. The van der Waals surface area contributed by atoms with Gasteiger partial charge in [0, 0.05) is 43.4 Å². The van der Waals surface area contributed by atoms with Crippen molar-refractivity contribution in [1.29, 1.82) is 0 Å². The van der Waals surface area contributed by atoms with Crippen molar-refractivity contribution in [2.75, 3.05) is 19.8 Å². The fourth-order valence-corrected chi connectivity index (χ4v) is 3.72. The number of nitrogens with one attached hydrogen (secondary N) is 1. The number of amides is 1. The third kappa shape index (κ3) is 4.25. The molecule has 0 bridgehead atoms. The zero-order valence-electron chi connectivity index (χ0n) is 14.8. The molecule has 4 rings (SSSR count). The molecule has 1 aromatic rings. The molecule has 0 radical (unpaired) electrons. The highest BCUT2D eigenvalue weighted by molar-refractivity contribution is 5.93. The highest BCUT2D eigenvalue weighted by Gasteiger charge is 2.38. The normalized spacial score (nSPS) is 29.2. The van der Waals surface area contributed by atoms with E-state index < -0.39 is 6.10 Å². The minimum Gasteiger partial charge on any atom is -0.393 e. The Labute approximate surface area is 152 Å². The molecule has 2 N–H and O–H groups in total. The van der Waals surface area contributed by atoms with Gasteiger partial charge in [-0.25, -0.2) is 0 Å². The molecule has 140 valence electrons. The summed E-state index contributed by atoms with van der Waals surface area (Å²) in [5.41, 5.74) is 0. The van der Waals surface area contributed by atoms with E-state index in [9.17, 15) is 9.90 Å². The third-order valence-electron chi connectivity index (χ3n) is 5.54. The first-order chi connectivity index (χ1) is 12.7. The number of rotatable bonds is 4. The molecule has 7 nitrogen and oxygen atoms in total. The van der Waals surface area contributed by atoms with E-state index in [-0.39, 0.29) is 23.7 Å². The second-order valence-electron chi connectivity index (χ2n) is 7.63. The van der Waals surface area contributed by atoms with Gasteiger partial charge in [-0.3, -0.25) is 4.79 Å². The maximum Gasteiger partial charge on any atom is 0.295 e. The molecule has 1 saturated heterocycles. The number of carbonyl (C=O) groups excluding carboxylic acids is 1. The van der Waals surface area contributed by atoms with Crippen molar-refractivity contribution in [3.8, 4) is 11.8 Å². The number of carbonyl (C=O) groups is 1. The van der Waals surface area contributed by atoms with Crippen LogP contribution in [0.2, 0.25) is 0 Å². The molecule has 2 heterocycles. The molecule has 3 aliphatic rings. The first kappa shape index (κ1) is 17.5. The standard InChI is InChI=1S/C19H25N3O4/c23-16-10-14(19-21-18(22-26-19)13-2-3-13)9-15(16)11-20-17(24)4-1-12-5-7-25-8-6-12/h12-16,23H,2-3,5-11H2,(H,20,24)/t14-,15+,16+/m0/s1. The largest absolute Gasteiger partial charge is 0.393 e. The van der Waals surface area contributed by atoms with Crippen molar-refractivity contribution in [2.24, 2.45) is 11.8 Å². The predicted octanol–water partition coefficient (Wildman–Crippen LogP) is 1.35. The lowest BCUT2D eigenvalue weighted by molar-refractivity contribution is -0.116. The molecule has 2 saturated carbocycles. The van der Waals surface area contributed by atoms with Crippen molar-refractivity contribution in [1.82, 2.24) is 15.5 Å². The minimum absolute atomic E-state index is 0.00916. The summed E-state index contributed by atoms with van der Waals surface area (Å²) in [5.74, 6) is 7.62. The van der Waals surface area contributed by atoms with E-state index in [4.69, 9.17) is 9.26 Å². The van der Waals surface area contributed by atoms with Crippen molar-refractivity contribution >= 4 is 5.91 Å². The van der Waals surface area contributed by atoms with E-state index in [1.54, 1.807) is 0 Å². The van der Waals surface area contributed by atoms with Crippen LogP contribution in [0.5, 0.6) is 0 Å². The average molecular weight is 359 g/mol. The van der Waals surface area contributed by atoms with Gasteiger partial charge < -0.3 is 19.7 Å². The topological polar surface area (TPSA) is 97.5 Å². The SMILES string of the molecule is O=C(C#CC1CCOCC1)NC[C@H]1C[C@H](c2nc(C3CC3)no2)C[C@H]1O. The van der Waals surface area contributed by atoms with Gasteiger partial charge in [-0.1, -0.05) is 11.1 Å². The Morgan fingerprint density at radius 3 is 2.77 bits per heavy atom. The van der Waals surface area contributed by atoms with E-state index in [0.29, 0.717) is 24.8 Å². The van der Waals surface area contributed by atoms with E-state index in [0.717, 1.165) is 51.1 Å². The van der Waals surface area contributed by atoms with Crippen LogP contribution in [0.25, 0.3) is 0 Å². The van der Waals surface area contributed by atoms with E-state index in [1.807, 2.05) is 0 Å². The number of nitrogens with zero attached hydrogens (tertiary/aromatic N) is 2. The lowest BCUT2D eigenvalue weighted by atomic mass is 10.0. The van der Waals surface area contributed by atoms with Crippen LogP contribution in [0, 0.1) is 23.7 Å². The lowest BCUT2D eigenvalue weighted by Gasteiger charge is -2.16. The van der Waals surface area contributed by atoms with E-state index in [2.05, 4.69) is 27.3 Å². The number of hydrogen-bond acceptors (Lipinski definition) is 6. The molecule has 1 aliphatic heterocycles. The molecule has 0 unspecified atom stereocenters. The van der Waals surface area contributed by atoms with Gasteiger partial charge in [0.1, 0.15) is 0 Å². The Hall–Kier alpha value is -1.91. The van der Waals surface area contributed by atoms with Crippen molar-refractivity contribution < 1.29 is 19.2 Å². The molecule has 0 spiro atoms. The maximum absolute atomic E-state index is 11.9. The molecular formula is C19H25N3O4. The number of ether oxygens (including phenoxy) is 1. The summed E-state index contributed by atoms with van der Waals surface area (Å²) >= 11 is 0. The fraction of sp³-hybridized carbons (Fsp3) is 0.737. The molecule has 3 fully saturated rings. The van der Waals surface area contributed by atoms with Gasteiger partial charge in [-0.2, -0.15) is 4.98 Å².